The zero-order valence-electron chi connectivity index (χ0n) is 17.3. The number of nitrogens with zero attached hydrogens (tertiary/aromatic N) is 1. The second-order valence-corrected chi connectivity index (χ2v) is 7.50. The van der Waals surface area contributed by atoms with Crippen molar-refractivity contribution in [3.63, 3.8) is 0 Å². The van der Waals surface area contributed by atoms with Gasteiger partial charge in [-0.2, -0.15) is 0 Å². The first kappa shape index (κ1) is 22.9. The fourth-order valence-corrected chi connectivity index (χ4v) is 3.69. The average Bonchev–Trinajstić information content (AvgIpc) is 2.68. The van der Waals surface area contributed by atoms with Crippen molar-refractivity contribution in [2.75, 3.05) is 19.7 Å². The summed E-state index contributed by atoms with van der Waals surface area (Å²) in [7, 11) is 0. The Morgan fingerprint density at radius 3 is 2.69 bits per heavy atom. The van der Waals surface area contributed by atoms with Crippen LogP contribution in [0, 0.1) is 0 Å². The van der Waals surface area contributed by atoms with Gasteiger partial charge in [-0.15, -0.1) is 0 Å². The Balaban J connectivity index is 2.29. The number of rotatable bonds is 9. The maximum absolute atomic E-state index is 12.8. The van der Waals surface area contributed by atoms with E-state index in [-0.39, 0.29) is 31.4 Å². The molecule has 0 aliphatic carbocycles. The topological polar surface area (TPSA) is 75.7 Å². The highest BCUT2D eigenvalue weighted by Crippen LogP contribution is 2.37. The molecule has 1 aliphatic heterocycles. The third-order valence-electron chi connectivity index (χ3n) is 4.97. The first-order valence-corrected chi connectivity index (χ1v) is 10.5. The standard InChI is InChI=1S/C22H29ClN2O4/c1-4-6-7-11-24-19(26)14-25-15(3)21(22(28)29-5-2)18(13-20(25)27)16-9-8-10-17(23)12-16/h8-10,12,18H,4-7,11,13-14H2,1-3H3,(H,24,26). The van der Waals surface area contributed by atoms with Gasteiger partial charge in [0.2, 0.25) is 11.8 Å². The van der Waals surface area contributed by atoms with E-state index in [1.807, 2.05) is 6.07 Å². The zero-order chi connectivity index (χ0) is 21.4. The van der Waals surface area contributed by atoms with Crippen LogP contribution in [-0.2, 0) is 19.1 Å². The third kappa shape index (κ3) is 6.07. The van der Waals surface area contributed by atoms with Crippen molar-refractivity contribution in [3.8, 4) is 0 Å². The summed E-state index contributed by atoms with van der Waals surface area (Å²) >= 11 is 6.11. The van der Waals surface area contributed by atoms with Crippen molar-refractivity contribution in [2.24, 2.45) is 0 Å². The maximum Gasteiger partial charge on any atom is 0.336 e. The van der Waals surface area contributed by atoms with Crippen LogP contribution in [0.3, 0.4) is 0 Å². The molecule has 0 aromatic heterocycles. The molecule has 6 nitrogen and oxygen atoms in total. The first-order chi connectivity index (χ1) is 13.9. The van der Waals surface area contributed by atoms with Crippen molar-refractivity contribution in [2.45, 2.75) is 52.4 Å². The number of esters is 1. The van der Waals surface area contributed by atoms with Gasteiger partial charge in [-0.3, -0.25) is 9.59 Å². The summed E-state index contributed by atoms with van der Waals surface area (Å²) in [6.45, 7) is 6.21. The van der Waals surface area contributed by atoms with Crippen LogP contribution in [0.4, 0.5) is 0 Å². The molecule has 1 heterocycles. The van der Waals surface area contributed by atoms with Crippen LogP contribution in [0.2, 0.25) is 5.02 Å². The lowest BCUT2D eigenvalue weighted by atomic mass is 9.83. The summed E-state index contributed by atoms with van der Waals surface area (Å²) in [6.07, 6.45) is 3.08. The van der Waals surface area contributed by atoms with Crippen molar-refractivity contribution < 1.29 is 19.1 Å². The number of halogens is 1. The molecule has 0 spiro atoms. The third-order valence-corrected chi connectivity index (χ3v) is 5.21. The summed E-state index contributed by atoms with van der Waals surface area (Å²) in [5.74, 6) is -1.37. The van der Waals surface area contributed by atoms with Crippen LogP contribution >= 0.6 is 11.6 Å². The lowest BCUT2D eigenvalue weighted by Crippen LogP contribution is -2.44. The normalized spacial score (nSPS) is 16.8. The Labute approximate surface area is 177 Å². The number of hydrogen-bond donors (Lipinski definition) is 1. The number of hydrogen-bond acceptors (Lipinski definition) is 4. The van der Waals surface area contributed by atoms with Gasteiger partial charge in [0.25, 0.3) is 0 Å². The molecular weight excluding hydrogens is 392 g/mol. The fourth-order valence-electron chi connectivity index (χ4n) is 3.49. The molecular formula is C22H29ClN2O4. The molecule has 2 rings (SSSR count). The van der Waals surface area contributed by atoms with E-state index >= 15 is 0 Å². The Bertz CT molecular complexity index is 791. The second-order valence-electron chi connectivity index (χ2n) is 7.07. The van der Waals surface area contributed by atoms with Gasteiger partial charge >= 0.3 is 5.97 Å². The Morgan fingerprint density at radius 2 is 2.03 bits per heavy atom. The first-order valence-electron chi connectivity index (χ1n) is 10.1. The predicted octanol–water partition coefficient (Wildman–Crippen LogP) is 3.80. The van der Waals surface area contributed by atoms with Crippen LogP contribution in [0.15, 0.2) is 35.5 Å². The van der Waals surface area contributed by atoms with Gasteiger partial charge in [0.05, 0.1) is 12.2 Å². The Hall–Kier alpha value is -2.34. The molecule has 0 fully saturated rings. The number of unbranched alkanes of at least 4 members (excludes halogenated alkanes) is 2. The molecule has 0 bridgehead atoms. The zero-order valence-corrected chi connectivity index (χ0v) is 18.1. The van der Waals surface area contributed by atoms with Crippen LogP contribution in [0.25, 0.3) is 0 Å². The van der Waals surface area contributed by atoms with Gasteiger partial charge in [0.1, 0.15) is 6.54 Å². The van der Waals surface area contributed by atoms with Crippen molar-refractivity contribution in [3.05, 3.63) is 46.1 Å². The predicted molar refractivity (Wildman–Crippen MR) is 112 cm³/mol. The molecule has 1 aliphatic rings. The van der Waals surface area contributed by atoms with E-state index in [0.29, 0.717) is 22.8 Å². The molecule has 2 amide bonds. The lowest BCUT2D eigenvalue weighted by molar-refractivity contribution is -0.141. The molecule has 1 aromatic rings. The molecule has 1 atom stereocenters. The van der Waals surface area contributed by atoms with Gasteiger partial charge in [0, 0.05) is 29.6 Å². The Kier molecular flexibility index (Phi) is 8.70. The molecule has 1 aromatic carbocycles. The van der Waals surface area contributed by atoms with E-state index in [2.05, 4.69) is 12.2 Å². The van der Waals surface area contributed by atoms with Crippen LogP contribution < -0.4 is 5.32 Å². The number of benzene rings is 1. The minimum absolute atomic E-state index is 0.0783. The van der Waals surface area contributed by atoms with Crippen LogP contribution in [-0.4, -0.2) is 42.4 Å². The van der Waals surface area contributed by atoms with Gasteiger partial charge in [-0.05, 0) is 38.0 Å². The summed E-state index contributed by atoms with van der Waals surface area (Å²) < 4.78 is 5.25. The molecule has 1 unspecified atom stereocenters. The highest BCUT2D eigenvalue weighted by Gasteiger charge is 2.37. The van der Waals surface area contributed by atoms with E-state index in [1.54, 1.807) is 32.0 Å². The SMILES string of the molecule is CCCCCNC(=O)CN1C(=O)CC(c2cccc(Cl)c2)C(C(=O)OCC)=C1C. The minimum Gasteiger partial charge on any atom is -0.463 e. The Morgan fingerprint density at radius 1 is 1.28 bits per heavy atom. The monoisotopic (exact) mass is 420 g/mol. The number of nitrogens with one attached hydrogen (secondary N) is 1. The summed E-state index contributed by atoms with van der Waals surface area (Å²) in [5, 5.41) is 3.37. The van der Waals surface area contributed by atoms with Crippen molar-refractivity contribution in [1.82, 2.24) is 10.2 Å². The highest BCUT2D eigenvalue weighted by atomic mass is 35.5. The average molecular weight is 421 g/mol. The summed E-state index contributed by atoms with van der Waals surface area (Å²) in [6, 6.07) is 7.12. The number of allylic oxidation sites excluding steroid dienone is 1. The van der Waals surface area contributed by atoms with Crippen molar-refractivity contribution >= 4 is 29.4 Å². The van der Waals surface area contributed by atoms with E-state index < -0.39 is 11.9 Å². The number of amides is 2. The molecule has 29 heavy (non-hydrogen) atoms. The summed E-state index contributed by atoms with van der Waals surface area (Å²) in [4.78, 5) is 39.2. The number of ether oxygens (including phenoxy) is 1. The highest BCUT2D eigenvalue weighted by molar-refractivity contribution is 6.30. The molecule has 158 valence electrons. The minimum atomic E-state index is -0.476. The van der Waals surface area contributed by atoms with Gasteiger partial charge in [-0.25, -0.2) is 4.79 Å². The number of carbonyl (C=O) groups is 3. The van der Waals surface area contributed by atoms with E-state index in [4.69, 9.17) is 16.3 Å². The van der Waals surface area contributed by atoms with Gasteiger partial charge < -0.3 is 15.0 Å². The summed E-state index contributed by atoms with van der Waals surface area (Å²) in [5.41, 5.74) is 1.62. The maximum atomic E-state index is 12.8. The fraction of sp³-hybridized carbons (Fsp3) is 0.500. The molecule has 0 saturated carbocycles. The molecule has 0 saturated heterocycles. The molecule has 0 radical (unpaired) electrons. The van der Waals surface area contributed by atoms with Crippen LogP contribution in [0.1, 0.15) is 57.9 Å². The van der Waals surface area contributed by atoms with Crippen LogP contribution in [0.5, 0.6) is 0 Å². The van der Waals surface area contributed by atoms with Gasteiger partial charge in [-0.1, -0.05) is 43.5 Å². The smallest absolute Gasteiger partial charge is 0.336 e. The quantitative estimate of drug-likeness (QED) is 0.487. The number of carbonyl (C=O) groups excluding carboxylic acids is 3. The molecule has 7 heteroatoms. The molecule has 1 N–H and O–H groups in total. The lowest BCUT2D eigenvalue weighted by Gasteiger charge is -2.34. The van der Waals surface area contributed by atoms with E-state index in [0.717, 1.165) is 24.8 Å². The largest absolute Gasteiger partial charge is 0.463 e. The van der Waals surface area contributed by atoms with Crippen molar-refractivity contribution in [1.29, 1.82) is 0 Å². The van der Waals surface area contributed by atoms with E-state index in [1.165, 1.54) is 4.90 Å². The van der Waals surface area contributed by atoms with E-state index in [9.17, 15) is 14.4 Å². The second kappa shape index (κ2) is 11.0. The van der Waals surface area contributed by atoms with Gasteiger partial charge in [0.15, 0.2) is 0 Å².